The summed E-state index contributed by atoms with van der Waals surface area (Å²) in [5.41, 5.74) is 0.279. The number of benzene rings is 1. The van der Waals surface area contributed by atoms with Crippen molar-refractivity contribution < 1.29 is 13.2 Å². The van der Waals surface area contributed by atoms with Crippen molar-refractivity contribution in [1.29, 1.82) is 0 Å². The fraction of sp³-hybridized carbons (Fsp3) is 0.500. The number of alkyl halides is 3. The lowest BCUT2D eigenvalue weighted by Crippen LogP contribution is -2.44. The smallest absolute Gasteiger partial charge is 0.369 e. The molecule has 0 amide bonds. The van der Waals surface area contributed by atoms with E-state index in [1.54, 1.807) is 12.1 Å². The van der Waals surface area contributed by atoms with Crippen LogP contribution in [-0.4, -0.2) is 38.1 Å². The van der Waals surface area contributed by atoms with Crippen LogP contribution in [0.5, 0.6) is 0 Å². The molecule has 94 valence electrons. The van der Waals surface area contributed by atoms with Crippen molar-refractivity contribution in [3.05, 3.63) is 29.8 Å². The van der Waals surface area contributed by atoms with Crippen LogP contribution >= 0.6 is 0 Å². The van der Waals surface area contributed by atoms with E-state index >= 15 is 0 Å². The lowest BCUT2D eigenvalue weighted by Gasteiger charge is -2.34. The highest BCUT2D eigenvalue weighted by Crippen LogP contribution is 2.30. The van der Waals surface area contributed by atoms with Crippen molar-refractivity contribution in [2.24, 2.45) is 0 Å². The summed E-state index contributed by atoms with van der Waals surface area (Å²) in [6.07, 6.45) is -4.25. The molecule has 1 aliphatic heterocycles. The summed E-state index contributed by atoms with van der Waals surface area (Å²) in [5, 5.41) is 0. The standard InChI is InChI=1S/C12H15F3N2/c1-16-6-8-17(9-7-16)11-4-2-10(3-5-11)12(13,14)15/h2-5H,6-9H2,1H3. The molecule has 0 aliphatic carbocycles. The highest BCUT2D eigenvalue weighted by atomic mass is 19.4. The van der Waals surface area contributed by atoms with Crippen molar-refractivity contribution in [2.75, 3.05) is 38.1 Å². The molecule has 17 heavy (non-hydrogen) atoms. The van der Waals surface area contributed by atoms with Gasteiger partial charge in [-0.15, -0.1) is 0 Å². The van der Waals surface area contributed by atoms with Gasteiger partial charge in [0.15, 0.2) is 0 Å². The number of piperazine rings is 1. The number of anilines is 1. The van der Waals surface area contributed by atoms with E-state index in [1.165, 1.54) is 0 Å². The third-order valence-electron chi connectivity index (χ3n) is 3.06. The van der Waals surface area contributed by atoms with Crippen molar-refractivity contribution in [3.63, 3.8) is 0 Å². The predicted molar refractivity (Wildman–Crippen MR) is 61.2 cm³/mol. The molecule has 0 spiro atoms. The van der Waals surface area contributed by atoms with E-state index in [0.29, 0.717) is 0 Å². The second kappa shape index (κ2) is 4.56. The Balaban J connectivity index is 2.08. The number of rotatable bonds is 1. The van der Waals surface area contributed by atoms with Crippen molar-refractivity contribution in [3.8, 4) is 0 Å². The average Bonchev–Trinajstić information content (AvgIpc) is 2.29. The molecule has 1 aliphatic rings. The Bertz CT molecular complexity index is 364. The van der Waals surface area contributed by atoms with Crippen LogP contribution in [0.25, 0.3) is 0 Å². The van der Waals surface area contributed by atoms with E-state index in [0.717, 1.165) is 44.0 Å². The SMILES string of the molecule is CN1CCN(c2ccc(C(F)(F)F)cc2)CC1. The zero-order chi connectivity index (χ0) is 12.5. The maximum absolute atomic E-state index is 12.4. The summed E-state index contributed by atoms with van der Waals surface area (Å²) in [6.45, 7) is 3.62. The second-order valence-corrected chi connectivity index (χ2v) is 4.33. The Morgan fingerprint density at radius 2 is 1.47 bits per heavy atom. The highest BCUT2D eigenvalue weighted by Gasteiger charge is 2.30. The molecule has 0 N–H and O–H groups in total. The lowest BCUT2D eigenvalue weighted by molar-refractivity contribution is -0.137. The largest absolute Gasteiger partial charge is 0.416 e. The Hall–Kier alpha value is -1.23. The Kier molecular flexibility index (Phi) is 3.28. The predicted octanol–water partition coefficient (Wildman–Crippen LogP) is 2.46. The molecule has 2 rings (SSSR count). The van der Waals surface area contributed by atoms with Crippen LogP contribution < -0.4 is 4.90 Å². The third kappa shape index (κ3) is 2.91. The van der Waals surface area contributed by atoms with Gasteiger partial charge in [0.05, 0.1) is 5.56 Å². The molecule has 2 nitrogen and oxygen atoms in total. The Morgan fingerprint density at radius 1 is 0.941 bits per heavy atom. The zero-order valence-electron chi connectivity index (χ0n) is 9.67. The van der Waals surface area contributed by atoms with Crippen LogP contribution in [0.15, 0.2) is 24.3 Å². The summed E-state index contributed by atoms with van der Waals surface area (Å²) in [5.74, 6) is 0. The molecular weight excluding hydrogens is 229 g/mol. The number of hydrogen-bond acceptors (Lipinski definition) is 2. The Labute approximate surface area is 98.6 Å². The third-order valence-corrected chi connectivity index (χ3v) is 3.06. The molecule has 1 aromatic carbocycles. The van der Waals surface area contributed by atoms with Crippen LogP contribution in [0.1, 0.15) is 5.56 Å². The van der Waals surface area contributed by atoms with Crippen molar-refractivity contribution >= 4 is 5.69 Å². The maximum atomic E-state index is 12.4. The second-order valence-electron chi connectivity index (χ2n) is 4.33. The van der Waals surface area contributed by atoms with E-state index in [9.17, 15) is 13.2 Å². The number of hydrogen-bond donors (Lipinski definition) is 0. The van der Waals surface area contributed by atoms with Crippen molar-refractivity contribution in [2.45, 2.75) is 6.18 Å². The van der Waals surface area contributed by atoms with Crippen LogP contribution in [0, 0.1) is 0 Å². The first kappa shape index (κ1) is 12.2. The summed E-state index contributed by atoms with van der Waals surface area (Å²) < 4.78 is 37.2. The maximum Gasteiger partial charge on any atom is 0.416 e. The van der Waals surface area contributed by atoms with Crippen LogP contribution in [0.4, 0.5) is 18.9 Å². The van der Waals surface area contributed by atoms with Crippen LogP contribution in [-0.2, 0) is 6.18 Å². The molecular formula is C12H15F3N2. The summed E-state index contributed by atoms with van der Waals surface area (Å²) >= 11 is 0. The van der Waals surface area contributed by atoms with Gasteiger partial charge in [-0.3, -0.25) is 0 Å². The van der Waals surface area contributed by atoms with Gasteiger partial charge in [0.25, 0.3) is 0 Å². The van der Waals surface area contributed by atoms with Gasteiger partial charge in [-0.2, -0.15) is 13.2 Å². The quantitative estimate of drug-likeness (QED) is 0.748. The minimum absolute atomic E-state index is 0.588. The number of likely N-dealkylation sites (N-methyl/N-ethyl adjacent to an activating group) is 1. The first-order valence-corrected chi connectivity index (χ1v) is 5.57. The fourth-order valence-electron chi connectivity index (χ4n) is 1.93. The molecule has 1 saturated heterocycles. The monoisotopic (exact) mass is 244 g/mol. The molecule has 1 fully saturated rings. The first-order valence-electron chi connectivity index (χ1n) is 5.57. The van der Waals surface area contributed by atoms with Gasteiger partial charge in [0, 0.05) is 31.9 Å². The normalized spacial score (nSPS) is 18.5. The molecule has 0 bridgehead atoms. The minimum atomic E-state index is -4.25. The summed E-state index contributed by atoms with van der Waals surface area (Å²) in [6, 6.07) is 5.39. The molecule has 0 radical (unpaired) electrons. The number of nitrogens with zero attached hydrogens (tertiary/aromatic N) is 2. The van der Waals surface area contributed by atoms with Gasteiger partial charge in [-0.1, -0.05) is 0 Å². The fourth-order valence-corrected chi connectivity index (χ4v) is 1.93. The van der Waals surface area contributed by atoms with Crippen molar-refractivity contribution in [1.82, 2.24) is 4.90 Å². The van der Waals surface area contributed by atoms with Gasteiger partial charge in [-0.05, 0) is 31.3 Å². The molecule has 5 heteroatoms. The van der Waals surface area contributed by atoms with E-state index in [1.807, 2.05) is 7.05 Å². The topological polar surface area (TPSA) is 6.48 Å². The molecule has 0 aromatic heterocycles. The average molecular weight is 244 g/mol. The van der Waals surface area contributed by atoms with Gasteiger partial charge in [0.1, 0.15) is 0 Å². The van der Waals surface area contributed by atoms with E-state index in [-0.39, 0.29) is 0 Å². The number of halogens is 3. The first-order chi connectivity index (χ1) is 7.97. The van der Waals surface area contributed by atoms with Gasteiger partial charge in [0.2, 0.25) is 0 Å². The van der Waals surface area contributed by atoms with Crippen LogP contribution in [0.2, 0.25) is 0 Å². The highest BCUT2D eigenvalue weighted by molar-refractivity contribution is 5.48. The molecule has 0 saturated carbocycles. The van der Waals surface area contributed by atoms with Gasteiger partial charge < -0.3 is 9.80 Å². The van der Waals surface area contributed by atoms with E-state index < -0.39 is 11.7 Å². The zero-order valence-corrected chi connectivity index (χ0v) is 9.67. The Morgan fingerprint density at radius 3 is 1.94 bits per heavy atom. The van der Waals surface area contributed by atoms with Gasteiger partial charge >= 0.3 is 6.18 Å². The molecule has 1 aromatic rings. The lowest BCUT2D eigenvalue weighted by atomic mass is 10.1. The summed E-state index contributed by atoms with van der Waals surface area (Å²) in [7, 11) is 2.05. The molecule has 0 unspecified atom stereocenters. The van der Waals surface area contributed by atoms with Gasteiger partial charge in [-0.25, -0.2) is 0 Å². The van der Waals surface area contributed by atoms with Crippen LogP contribution in [0.3, 0.4) is 0 Å². The minimum Gasteiger partial charge on any atom is -0.369 e. The summed E-state index contributed by atoms with van der Waals surface area (Å²) in [4.78, 5) is 4.32. The van der Waals surface area contributed by atoms with E-state index in [4.69, 9.17) is 0 Å². The molecule has 1 heterocycles. The molecule has 0 atom stereocenters. The van der Waals surface area contributed by atoms with E-state index in [2.05, 4.69) is 9.80 Å².